The van der Waals surface area contributed by atoms with Gasteiger partial charge in [-0.15, -0.1) is 5.10 Å². The zero-order valence-electron chi connectivity index (χ0n) is 15.1. The minimum absolute atomic E-state index is 0.126. The average Bonchev–Trinajstić information content (AvgIpc) is 3.02. The van der Waals surface area contributed by atoms with E-state index in [9.17, 15) is 9.18 Å². The Balaban J connectivity index is 1.79. The van der Waals surface area contributed by atoms with Crippen molar-refractivity contribution < 1.29 is 9.18 Å². The van der Waals surface area contributed by atoms with Gasteiger partial charge in [0.25, 0.3) is 5.78 Å². The minimum atomic E-state index is -0.296. The molecule has 0 fully saturated rings. The summed E-state index contributed by atoms with van der Waals surface area (Å²) < 4.78 is 14.7. The lowest BCUT2D eigenvalue weighted by molar-refractivity contribution is -0.121. The van der Waals surface area contributed by atoms with Gasteiger partial charge in [0.15, 0.2) is 0 Å². The number of nitrogens with zero attached hydrogens (tertiary/aromatic N) is 4. The van der Waals surface area contributed by atoms with Crippen LogP contribution in [0.4, 0.5) is 4.39 Å². The van der Waals surface area contributed by atoms with E-state index in [1.165, 1.54) is 23.9 Å². The second-order valence-corrected chi connectivity index (χ2v) is 6.86. The molecule has 1 aromatic carbocycles. The zero-order chi connectivity index (χ0) is 18.8. The normalized spacial score (nSPS) is 12.3. The molecule has 0 aliphatic carbocycles. The monoisotopic (exact) mass is 373 g/mol. The predicted molar refractivity (Wildman–Crippen MR) is 98.7 cm³/mol. The lowest BCUT2D eigenvalue weighted by Gasteiger charge is -2.16. The number of hydrogen-bond acceptors (Lipinski definition) is 5. The molecule has 0 aliphatic heterocycles. The van der Waals surface area contributed by atoms with Crippen LogP contribution < -0.4 is 5.32 Å². The third-order valence-corrected chi connectivity index (χ3v) is 4.84. The summed E-state index contributed by atoms with van der Waals surface area (Å²) in [5, 5.41) is 7.98. The van der Waals surface area contributed by atoms with Gasteiger partial charge in [-0.25, -0.2) is 13.9 Å². The van der Waals surface area contributed by atoms with Gasteiger partial charge < -0.3 is 5.32 Å². The quantitative estimate of drug-likeness (QED) is 0.696. The lowest BCUT2D eigenvalue weighted by atomic mass is 10.1. The van der Waals surface area contributed by atoms with E-state index >= 15 is 0 Å². The number of thioether (sulfide) groups is 1. The van der Waals surface area contributed by atoms with E-state index < -0.39 is 0 Å². The van der Waals surface area contributed by atoms with E-state index in [4.69, 9.17) is 0 Å². The summed E-state index contributed by atoms with van der Waals surface area (Å²) in [6.07, 6.45) is 2.10. The maximum absolute atomic E-state index is 13.0. The molecule has 6 nitrogen and oxygen atoms in total. The van der Waals surface area contributed by atoms with Crippen LogP contribution in [0, 0.1) is 19.7 Å². The van der Waals surface area contributed by atoms with E-state index in [1.54, 1.807) is 16.6 Å². The van der Waals surface area contributed by atoms with Gasteiger partial charge in [0.1, 0.15) is 5.82 Å². The maximum Gasteiger partial charge on any atom is 0.253 e. The van der Waals surface area contributed by atoms with Gasteiger partial charge in [-0.05, 0) is 44.7 Å². The van der Waals surface area contributed by atoms with Crippen LogP contribution in [0.2, 0.25) is 0 Å². The fraction of sp³-hybridized carbons (Fsp3) is 0.333. The number of carbonyl (C=O) groups is 1. The molecule has 0 bridgehead atoms. The number of rotatable bonds is 5. The number of aryl methyl sites for hydroxylation is 2. The van der Waals surface area contributed by atoms with E-state index in [0.717, 1.165) is 22.5 Å². The lowest BCUT2D eigenvalue weighted by Crippen LogP contribution is -2.29. The van der Waals surface area contributed by atoms with Crippen LogP contribution in [-0.2, 0) is 11.2 Å². The molecular formula is C18H20FN5OS. The first-order chi connectivity index (χ1) is 12.4. The Morgan fingerprint density at radius 2 is 1.96 bits per heavy atom. The van der Waals surface area contributed by atoms with Crippen molar-refractivity contribution in [3.63, 3.8) is 0 Å². The minimum Gasteiger partial charge on any atom is -0.349 e. The summed E-state index contributed by atoms with van der Waals surface area (Å²) in [6.45, 7) is 5.65. The molecular weight excluding hydrogens is 353 g/mol. The molecule has 1 atom stereocenters. The van der Waals surface area contributed by atoms with Crippen LogP contribution in [0.1, 0.15) is 35.5 Å². The number of fused-ring (bicyclic) bond motifs is 1. The molecule has 3 rings (SSSR count). The van der Waals surface area contributed by atoms with Crippen LogP contribution in [0.3, 0.4) is 0 Å². The van der Waals surface area contributed by atoms with E-state index in [2.05, 4.69) is 20.4 Å². The number of nitrogens with one attached hydrogen (secondary N) is 1. The van der Waals surface area contributed by atoms with Gasteiger partial charge >= 0.3 is 0 Å². The van der Waals surface area contributed by atoms with Crippen molar-refractivity contribution >= 4 is 23.4 Å². The fourth-order valence-corrected chi connectivity index (χ4v) is 3.16. The molecule has 0 aliphatic rings. The number of halogens is 1. The number of carbonyl (C=O) groups excluding carboxylic acids is 1. The van der Waals surface area contributed by atoms with Gasteiger partial charge in [-0.2, -0.15) is 4.98 Å². The highest BCUT2D eigenvalue weighted by molar-refractivity contribution is 7.98. The second kappa shape index (κ2) is 7.41. The number of hydrogen-bond donors (Lipinski definition) is 1. The summed E-state index contributed by atoms with van der Waals surface area (Å²) in [6, 6.07) is 5.90. The molecule has 1 N–H and O–H groups in total. The molecule has 2 aromatic heterocycles. The van der Waals surface area contributed by atoms with Crippen molar-refractivity contribution in [2.45, 2.75) is 38.4 Å². The van der Waals surface area contributed by atoms with Crippen molar-refractivity contribution in [1.29, 1.82) is 0 Å². The van der Waals surface area contributed by atoms with Crippen LogP contribution >= 0.6 is 11.8 Å². The van der Waals surface area contributed by atoms with Crippen LogP contribution in [0.15, 0.2) is 29.4 Å². The Labute approximate surface area is 155 Å². The molecule has 0 unspecified atom stereocenters. The maximum atomic E-state index is 13.0. The summed E-state index contributed by atoms with van der Waals surface area (Å²) in [4.78, 5) is 21.3. The Morgan fingerprint density at radius 1 is 1.27 bits per heavy atom. The van der Waals surface area contributed by atoms with Crippen molar-refractivity contribution in [2.24, 2.45) is 0 Å². The molecule has 1 amide bonds. The molecule has 3 aromatic rings. The van der Waals surface area contributed by atoms with Crippen molar-refractivity contribution in [3.8, 4) is 0 Å². The predicted octanol–water partition coefficient (Wildman–Crippen LogP) is 3.02. The highest BCUT2D eigenvalue weighted by Crippen LogP contribution is 2.18. The Morgan fingerprint density at radius 3 is 2.62 bits per heavy atom. The summed E-state index contributed by atoms with van der Waals surface area (Å²) in [5.74, 6) is 0.114. The molecule has 26 heavy (non-hydrogen) atoms. The van der Waals surface area contributed by atoms with Crippen molar-refractivity contribution in [1.82, 2.24) is 24.9 Å². The topological polar surface area (TPSA) is 72.2 Å². The van der Waals surface area contributed by atoms with Gasteiger partial charge in [0.05, 0.1) is 12.5 Å². The van der Waals surface area contributed by atoms with E-state index in [1.807, 2.05) is 27.0 Å². The zero-order valence-corrected chi connectivity index (χ0v) is 15.9. The van der Waals surface area contributed by atoms with Crippen LogP contribution in [0.5, 0.6) is 0 Å². The first-order valence-corrected chi connectivity index (χ1v) is 9.43. The van der Waals surface area contributed by atoms with Crippen LogP contribution in [-0.4, -0.2) is 31.7 Å². The molecule has 8 heteroatoms. The van der Waals surface area contributed by atoms with Crippen LogP contribution in [0.25, 0.3) is 5.78 Å². The van der Waals surface area contributed by atoms with Gasteiger partial charge in [-0.1, -0.05) is 23.9 Å². The molecule has 0 saturated carbocycles. The summed E-state index contributed by atoms with van der Waals surface area (Å²) in [7, 11) is 0. The van der Waals surface area contributed by atoms with Gasteiger partial charge in [0, 0.05) is 17.0 Å². The largest absolute Gasteiger partial charge is 0.349 e. The standard InChI is InChI=1S/C18H20FN5OS/c1-10(13-5-7-14(19)8-6-13)20-16(25)9-15-11(2)21-17-22-18(26-4)23-24(17)12(15)3/h5-8,10H,9H2,1-4H3,(H,20,25)/t10-/m1/s1. The Hall–Kier alpha value is -2.48. The SMILES string of the molecule is CSc1nc2nc(C)c(CC(=O)N[C@H](C)c3ccc(F)cc3)c(C)n2n1. The third-order valence-electron chi connectivity index (χ3n) is 4.30. The summed E-state index contributed by atoms with van der Waals surface area (Å²) >= 11 is 1.45. The second-order valence-electron chi connectivity index (χ2n) is 6.09. The molecule has 2 heterocycles. The highest BCUT2D eigenvalue weighted by Gasteiger charge is 2.17. The Bertz CT molecular complexity index is 954. The van der Waals surface area contributed by atoms with Crippen molar-refractivity contribution in [2.75, 3.05) is 6.26 Å². The number of amides is 1. The molecule has 0 radical (unpaired) electrons. The smallest absolute Gasteiger partial charge is 0.253 e. The van der Waals surface area contributed by atoms with E-state index in [-0.39, 0.29) is 24.2 Å². The number of benzene rings is 1. The van der Waals surface area contributed by atoms with Crippen molar-refractivity contribution in [3.05, 3.63) is 52.6 Å². The first kappa shape index (κ1) is 18.3. The average molecular weight is 373 g/mol. The molecule has 0 saturated heterocycles. The molecule has 136 valence electrons. The summed E-state index contributed by atoms with van der Waals surface area (Å²) in [5.41, 5.74) is 3.30. The highest BCUT2D eigenvalue weighted by atomic mass is 32.2. The van der Waals surface area contributed by atoms with Gasteiger partial charge in [0.2, 0.25) is 11.1 Å². The number of aromatic nitrogens is 4. The fourth-order valence-electron chi connectivity index (χ4n) is 2.82. The Kier molecular flexibility index (Phi) is 5.22. The third kappa shape index (κ3) is 3.70. The van der Waals surface area contributed by atoms with E-state index in [0.29, 0.717) is 10.9 Å². The first-order valence-electron chi connectivity index (χ1n) is 8.20. The van der Waals surface area contributed by atoms with Gasteiger partial charge in [-0.3, -0.25) is 4.79 Å². The molecule has 0 spiro atoms.